The van der Waals surface area contributed by atoms with E-state index in [0.717, 1.165) is 36.2 Å². The first-order chi connectivity index (χ1) is 9.31. The van der Waals surface area contributed by atoms with Crippen LogP contribution < -0.4 is 10.2 Å². The first-order valence-corrected chi connectivity index (χ1v) is 7.17. The fraction of sp³-hybridized carbons (Fsp3) is 0.733. The maximum atomic E-state index is 5.42. The number of hydrogen-bond acceptors (Lipinski definition) is 5. The summed E-state index contributed by atoms with van der Waals surface area (Å²) in [5, 5.41) is 3.16. The van der Waals surface area contributed by atoms with Gasteiger partial charge in [-0.3, -0.25) is 0 Å². The van der Waals surface area contributed by atoms with Gasteiger partial charge in [-0.2, -0.15) is 0 Å². The fourth-order valence-electron chi connectivity index (χ4n) is 1.91. The number of rotatable bonds is 6. The second-order valence-electron chi connectivity index (χ2n) is 5.96. The highest BCUT2D eigenvalue weighted by molar-refractivity contribution is 5.58. The standard InChI is InChI=1S/C15H28N4O/c1-8-20-10-9-19(7)13-11(2)12(16-6)17-14(18-13)15(3,4)5/h8-10H2,1-7H3,(H,16,17,18). The Morgan fingerprint density at radius 1 is 1.25 bits per heavy atom. The smallest absolute Gasteiger partial charge is 0.138 e. The van der Waals surface area contributed by atoms with Crippen LogP contribution in [0.25, 0.3) is 0 Å². The topological polar surface area (TPSA) is 50.3 Å². The molecule has 0 aromatic carbocycles. The molecule has 0 unspecified atom stereocenters. The Bertz CT molecular complexity index is 440. The van der Waals surface area contributed by atoms with Gasteiger partial charge in [0, 0.05) is 38.2 Å². The molecule has 114 valence electrons. The third-order valence-corrected chi connectivity index (χ3v) is 3.16. The third kappa shape index (κ3) is 4.07. The van der Waals surface area contributed by atoms with Crippen LogP contribution in [-0.2, 0) is 10.2 Å². The molecular weight excluding hydrogens is 252 g/mol. The van der Waals surface area contributed by atoms with Gasteiger partial charge in [0.05, 0.1) is 6.61 Å². The van der Waals surface area contributed by atoms with Crippen molar-refractivity contribution >= 4 is 11.6 Å². The highest BCUT2D eigenvalue weighted by Gasteiger charge is 2.22. The summed E-state index contributed by atoms with van der Waals surface area (Å²) in [4.78, 5) is 11.5. The van der Waals surface area contributed by atoms with E-state index in [-0.39, 0.29) is 5.41 Å². The summed E-state index contributed by atoms with van der Waals surface area (Å²) < 4.78 is 5.42. The van der Waals surface area contributed by atoms with E-state index in [9.17, 15) is 0 Å². The molecule has 0 saturated carbocycles. The Morgan fingerprint density at radius 3 is 2.40 bits per heavy atom. The van der Waals surface area contributed by atoms with Gasteiger partial charge < -0.3 is 15.0 Å². The van der Waals surface area contributed by atoms with E-state index in [1.807, 2.05) is 27.9 Å². The molecule has 1 aromatic heterocycles. The Kier molecular flexibility index (Phi) is 5.74. The average Bonchev–Trinajstić information content (AvgIpc) is 2.37. The van der Waals surface area contributed by atoms with Crippen LogP contribution in [0.15, 0.2) is 0 Å². The number of likely N-dealkylation sites (N-methyl/N-ethyl adjacent to an activating group) is 1. The van der Waals surface area contributed by atoms with Gasteiger partial charge in [-0.1, -0.05) is 20.8 Å². The molecule has 1 heterocycles. The van der Waals surface area contributed by atoms with Gasteiger partial charge in [0.2, 0.25) is 0 Å². The van der Waals surface area contributed by atoms with Crippen molar-refractivity contribution in [2.45, 2.75) is 40.0 Å². The molecular formula is C15H28N4O. The molecule has 0 saturated heterocycles. The van der Waals surface area contributed by atoms with Crippen LogP contribution in [0.5, 0.6) is 0 Å². The lowest BCUT2D eigenvalue weighted by atomic mass is 9.95. The van der Waals surface area contributed by atoms with Crippen molar-refractivity contribution in [3.05, 3.63) is 11.4 Å². The number of hydrogen-bond donors (Lipinski definition) is 1. The van der Waals surface area contributed by atoms with Crippen LogP contribution in [0.4, 0.5) is 11.6 Å². The minimum Gasteiger partial charge on any atom is -0.380 e. The SMILES string of the molecule is CCOCCN(C)c1nc(C(C)(C)C)nc(NC)c1C. The van der Waals surface area contributed by atoms with E-state index in [4.69, 9.17) is 9.72 Å². The molecule has 0 aliphatic heterocycles. The first-order valence-electron chi connectivity index (χ1n) is 7.17. The van der Waals surface area contributed by atoms with Crippen LogP contribution in [0.1, 0.15) is 39.1 Å². The zero-order chi connectivity index (χ0) is 15.3. The normalized spacial score (nSPS) is 11.6. The van der Waals surface area contributed by atoms with Crippen molar-refractivity contribution in [1.29, 1.82) is 0 Å². The quantitative estimate of drug-likeness (QED) is 0.812. The molecule has 0 bridgehead atoms. The molecule has 0 spiro atoms. The molecule has 0 amide bonds. The van der Waals surface area contributed by atoms with Gasteiger partial charge in [0.15, 0.2) is 0 Å². The minimum absolute atomic E-state index is 0.0746. The van der Waals surface area contributed by atoms with Crippen LogP contribution in [0.2, 0.25) is 0 Å². The predicted octanol–water partition coefficient (Wildman–Crippen LogP) is 2.60. The number of ether oxygens (including phenoxy) is 1. The van der Waals surface area contributed by atoms with Gasteiger partial charge in [-0.15, -0.1) is 0 Å². The first kappa shape index (κ1) is 16.7. The zero-order valence-corrected chi connectivity index (χ0v) is 13.9. The van der Waals surface area contributed by atoms with Crippen molar-refractivity contribution in [2.24, 2.45) is 0 Å². The number of nitrogens with one attached hydrogen (secondary N) is 1. The lowest BCUT2D eigenvalue weighted by Crippen LogP contribution is -2.27. The molecule has 0 aliphatic carbocycles. The molecule has 1 N–H and O–H groups in total. The highest BCUT2D eigenvalue weighted by atomic mass is 16.5. The molecule has 0 fully saturated rings. The van der Waals surface area contributed by atoms with Gasteiger partial charge >= 0.3 is 0 Å². The maximum Gasteiger partial charge on any atom is 0.138 e. The van der Waals surface area contributed by atoms with Gasteiger partial charge in [-0.05, 0) is 13.8 Å². The fourth-order valence-corrected chi connectivity index (χ4v) is 1.91. The molecule has 5 nitrogen and oxygen atoms in total. The molecule has 0 atom stereocenters. The molecule has 1 rings (SSSR count). The second-order valence-corrected chi connectivity index (χ2v) is 5.96. The lowest BCUT2D eigenvalue weighted by molar-refractivity contribution is 0.154. The average molecular weight is 280 g/mol. The summed E-state index contributed by atoms with van der Waals surface area (Å²) in [6.45, 7) is 12.7. The highest BCUT2D eigenvalue weighted by Crippen LogP contribution is 2.27. The minimum atomic E-state index is -0.0746. The number of nitrogens with zero attached hydrogens (tertiary/aromatic N) is 3. The third-order valence-electron chi connectivity index (χ3n) is 3.16. The van der Waals surface area contributed by atoms with Crippen LogP contribution >= 0.6 is 0 Å². The maximum absolute atomic E-state index is 5.42. The summed E-state index contributed by atoms with van der Waals surface area (Å²) in [6, 6.07) is 0. The van der Waals surface area contributed by atoms with Gasteiger partial charge in [0.25, 0.3) is 0 Å². The lowest BCUT2D eigenvalue weighted by Gasteiger charge is -2.25. The number of aromatic nitrogens is 2. The van der Waals surface area contributed by atoms with Gasteiger partial charge in [0.1, 0.15) is 17.5 Å². The Hall–Kier alpha value is -1.36. The van der Waals surface area contributed by atoms with E-state index in [2.05, 4.69) is 36.0 Å². The molecule has 0 aliphatic rings. The summed E-state index contributed by atoms with van der Waals surface area (Å²) >= 11 is 0. The monoisotopic (exact) mass is 280 g/mol. The summed E-state index contributed by atoms with van der Waals surface area (Å²) in [7, 11) is 3.94. The molecule has 1 aromatic rings. The van der Waals surface area contributed by atoms with E-state index >= 15 is 0 Å². The second kappa shape index (κ2) is 6.88. The van der Waals surface area contributed by atoms with Crippen molar-refractivity contribution in [2.75, 3.05) is 44.1 Å². The Balaban J connectivity index is 3.10. The summed E-state index contributed by atoms with van der Waals surface area (Å²) in [6.07, 6.45) is 0. The van der Waals surface area contributed by atoms with Crippen molar-refractivity contribution < 1.29 is 4.74 Å². The molecule has 5 heteroatoms. The number of anilines is 2. The predicted molar refractivity (Wildman–Crippen MR) is 84.8 cm³/mol. The molecule has 0 radical (unpaired) electrons. The van der Waals surface area contributed by atoms with Crippen molar-refractivity contribution in [3.63, 3.8) is 0 Å². The Morgan fingerprint density at radius 2 is 1.90 bits per heavy atom. The molecule has 20 heavy (non-hydrogen) atoms. The summed E-state index contributed by atoms with van der Waals surface area (Å²) in [5.41, 5.74) is 0.994. The van der Waals surface area contributed by atoms with Gasteiger partial charge in [-0.25, -0.2) is 9.97 Å². The summed E-state index contributed by atoms with van der Waals surface area (Å²) in [5.74, 6) is 2.71. The van der Waals surface area contributed by atoms with Crippen LogP contribution in [-0.4, -0.2) is 43.8 Å². The van der Waals surface area contributed by atoms with E-state index in [1.54, 1.807) is 0 Å². The van der Waals surface area contributed by atoms with E-state index < -0.39 is 0 Å². The largest absolute Gasteiger partial charge is 0.380 e. The van der Waals surface area contributed by atoms with E-state index in [1.165, 1.54) is 0 Å². The van der Waals surface area contributed by atoms with Crippen molar-refractivity contribution in [1.82, 2.24) is 9.97 Å². The zero-order valence-electron chi connectivity index (χ0n) is 13.9. The van der Waals surface area contributed by atoms with Crippen molar-refractivity contribution in [3.8, 4) is 0 Å². The Labute approximate surface area is 122 Å². The van der Waals surface area contributed by atoms with Crippen LogP contribution in [0, 0.1) is 6.92 Å². The van der Waals surface area contributed by atoms with E-state index in [0.29, 0.717) is 6.61 Å². The van der Waals surface area contributed by atoms with Crippen LogP contribution in [0.3, 0.4) is 0 Å².